The van der Waals surface area contributed by atoms with E-state index in [1.807, 2.05) is 38.2 Å². The molecule has 0 aliphatic heterocycles. The molecule has 142 valence electrons. The van der Waals surface area contributed by atoms with Crippen LogP contribution in [0, 0.1) is 25.2 Å². The van der Waals surface area contributed by atoms with Crippen molar-refractivity contribution in [3.05, 3.63) is 69.3 Å². The molecule has 0 bridgehead atoms. The number of benzene rings is 1. The van der Waals surface area contributed by atoms with Gasteiger partial charge in [0, 0.05) is 29.9 Å². The molecule has 0 saturated carbocycles. The summed E-state index contributed by atoms with van der Waals surface area (Å²) in [5.41, 5.74) is 3.66. The van der Waals surface area contributed by atoms with E-state index in [1.165, 1.54) is 0 Å². The third kappa shape index (κ3) is 4.72. The van der Waals surface area contributed by atoms with Gasteiger partial charge in [0.05, 0.1) is 16.3 Å². The fourth-order valence-electron chi connectivity index (χ4n) is 2.73. The number of rotatable bonds is 6. The molecule has 2 aromatic heterocycles. The van der Waals surface area contributed by atoms with Crippen LogP contribution in [0.3, 0.4) is 0 Å². The first kappa shape index (κ1) is 19.9. The fraction of sp³-hybridized carbons (Fsp3) is 0.190. The maximum atomic E-state index is 9.56. The summed E-state index contributed by atoms with van der Waals surface area (Å²) in [4.78, 5) is 8.93. The van der Waals surface area contributed by atoms with Gasteiger partial charge in [-0.05, 0) is 55.3 Å². The minimum Gasteiger partial charge on any atom is -0.368 e. The van der Waals surface area contributed by atoms with Crippen LogP contribution in [0.4, 0.5) is 11.6 Å². The van der Waals surface area contributed by atoms with Crippen molar-refractivity contribution in [2.75, 3.05) is 23.7 Å². The Bertz CT molecular complexity index is 1030. The highest BCUT2D eigenvalue weighted by atomic mass is 35.5. The van der Waals surface area contributed by atoms with Crippen molar-refractivity contribution in [3.8, 4) is 17.3 Å². The van der Waals surface area contributed by atoms with E-state index in [-0.39, 0.29) is 0 Å². The van der Waals surface area contributed by atoms with Crippen molar-refractivity contribution in [1.82, 2.24) is 9.97 Å². The van der Waals surface area contributed by atoms with Gasteiger partial charge in [-0.3, -0.25) is 0 Å². The fourth-order valence-corrected chi connectivity index (χ4v) is 3.23. The molecule has 0 atom stereocenters. The minimum absolute atomic E-state index is 0.458. The van der Waals surface area contributed by atoms with Crippen molar-refractivity contribution in [3.63, 3.8) is 0 Å². The molecule has 0 fully saturated rings. The van der Waals surface area contributed by atoms with Crippen LogP contribution in [-0.2, 0) is 0 Å². The molecule has 0 radical (unpaired) electrons. The number of halogens is 2. The molecule has 3 rings (SSSR count). The summed E-state index contributed by atoms with van der Waals surface area (Å²) in [6, 6.07) is 13.2. The number of hydrogen-bond donors (Lipinski definition) is 2. The summed E-state index contributed by atoms with van der Waals surface area (Å²) in [7, 11) is 0. The van der Waals surface area contributed by atoms with Crippen LogP contribution in [0.5, 0.6) is 0 Å². The highest BCUT2D eigenvalue weighted by Gasteiger charge is 2.15. The van der Waals surface area contributed by atoms with Gasteiger partial charge in [0.25, 0.3) is 0 Å². The van der Waals surface area contributed by atoms with E-state index in [1.54, 1.807) is 18.2 Å². The highest BCUT2D eigenvalue weighted by Crippen LogP contribution is 2.33. The van der Waals surface area contributed by atoms with Crippen LogP contribution < -0.4 is 10.6 Å². The Labute approximate surface area is 174 Å². The predicted octanol–water partition coefficient (Wildman–Crippen LogP) is 5.46. The average molecular weight is 412 g/mol. The summed E-state index contributed by atoms with van der Waals surface area (Å²) in [5.74, 6) is 1.50. The van der Waals surface area contributed by atoms with E-state index in [0.717, 1.165) is 16.9 Å². The Hall–Kier alpha value is -2.81. The lowest BCUT2D eigenvalue weighted by Crippen LogP contribution is -2.15. The van der Waals surface area contributed by atoms with E-state index < -0.39 is 0 Å². The molecule has 5 nitrogen and oxygen atoms in total. The Morgan fingerprint density at radius 3 is 2.39 bits per heavy atom. The molecular weight excluding hydrogens is 393 g/mol. The summed E-state index contributed by atoms with van der Waals surface area (Å²) in [6.45, 7) is 5.20. The SMILES string of the molecule is Cc1ccc(NCCNc2cc(C)c(C#N)c(-c3ccc(Cl)cc3Cl)n2)nc1. The van der Waals surface area contributed by atoms with Gasteiger partial charge in [0.1, 0.15) is 17.7 Å². The van der Waals surface area contributed by atoms with E-state index in [2.05, 4.69) is 26.7 Å². The molecule has 1 aromatic carbocycles. The van der Waals surface area contributed by atoms with Gasteiger partial charge in [0.2, 0.25) is 0 Å². The lowest BCUT2D eigenvalue weighted by atomic mass is 10.0. The number of aryl methyl sites for hydroxylation is 2. The summed E-state index contributed by atoms with van der Waals surface area (Å²) >= 11 is 12.3. The predicted molar refractivity (Wildman–Crippen MR) is 115 cm³/mol. The normalized spacial score (nSPS) is 10.4. The molecule has 0 saturated heterocycles. The van der Waals surface area contributed by atoms with E-state index >= 15 is 0 Å². The molecule has 0 aliphatic rings. The Morgan fingerprint density at radius 2 is 1.75 bits per heavy atom. The molecule has 0 spiro atoms. The van der Waals surface area contributed by atoms with Crippen LogP contribution in [-0.4, -0.2) is 23.1 Å². The third-order valence-electron chi connectivity index (χ3n) is 4.16. The van der Waals surface area contributed by atoms with Gasteiger partial charge in [-0.25, -0.2) is 9.97 Å². The smallest absolute Gasteiger partial charge is 0.127 e. The third-order valence-corrected chi connectivity index (χ3v) is 4.71. The van der Waals surface area contributed by atoms with Crippen molar-refractivity contribution >= 4 is 34.8 Å². The van der Waals surface area contributed by atoms with Gasteiger partial charge in [-0.1, -0.05) is 29.3 Å². The summed E-state index contributed by atoms with van der Waals surface area (Å²) in [6.07, 6.45) is 1.82. The lowest BCUT2D eigenvalue weighted by Gasteiger charge is -2.13. The topological polar surface area (TPSA) is 73.6 Å². The van der Waals surface area contributed by atoms with Crippen molar-refractivity contribution in [1.29, 1.82) is 5.26 Å². The first-order valence-electron chi connectivity index (χ1n) is 8.75. The molecule has 28 heavy (non-hydrogen) atoms. The van der Waals surface area contributed by atoms with Crippen LogP contribution in [0.15, 0.2) is 42.6 Å². The zero-order chi connectivity index (χ0) is 20.1. The Balaban J connectivity index is 1.76. The van der Waals surface area contributed by atoms with E-state index in [4.69, 9.17) is 23.2 Å². The second kappa shape index (κ2) is 8.92. The van der Waals surface area contributed by atoms with Gasteiger partial charge >= 0.3 is 0 Å². The number of anilines is 2. The summed E-state index contributed by atoms with van der Waals surface area (Å²) < 4.78 is 0. The first-order valence-corrected chi connectivity index (χ1v) is 9.51. The number of aromatic nitrogens is 2. The molecule has 7 heteroatoms. The first-order chi connectivity index (χ1) is 13.5. The quantitative estimate of drug-likeness (QED) is 0.526. The zero-order valence-corrected chi connectivity index (χ0v) is 17.1. The Morgan fingerprint density at radius 1 is 1.00 bits per heavy atom. The van der Waals surface area contributed by atoms with Crippen LogP contribution in [0.25, 0.3) is 11.3 Å². The van der Waals surface area contributed by atoms with Gasteiger partial charge in [-0.15, -0.1) is 0 Å². The minimum atomic E-state index is 0.458. The summed E-state index contributed by atoms with van der Waals surface area (Å²) in [5, 5.41) is 17.1. The van der Waals surface area contributed by atoms with Gasteiger partial charge in [-0.2, -0.15) is 5.26 Å². The Kier molecular flexibility index (Phi) is 6.35. The number of hydrogen-bond acceptors (Lipinski definition) is 5. The number of nitrogens with zero attached hydrogens (tertiary/aromatic N) is 3. The van der Waals surface area contributed by atoms with Crippen LogP contribution >= 0.6 is 23.2 Å². The van der Waals surface area contributed by atoms with Crippen molar-refractivity contribution in [2.45, 2.75) is 13.8 Å². The second-order valence-electron chi connectivity index (χ2n) is 6.36. The molecule has 2 heterocycles. The number of nitrogens with one attached hydrogen (secondary N) is 2. The monoisotopic (exact) mass is 411 g/mol. The van der Waals surface area contributed by atoms with Crippen LogP contribution in [0.2, 0.25) is 10.0 Å². The van der Waals surface area contributed by atoms with Crippen molar-refractivity contribution < 1.29 is 0 Å². The van der Waals surface area contributed by atoms with E-state index in [0.29, 0.717) is 45.8 Å². The standard InChI is InChI=1S/C21H19Cl2N5/c1-13-3-6-19(27-12-13)25-7-8-26-20-9-14(2)17(11-24)21(28-20)16-5-4-15(22)10-18(16)23/h3-6,9-10,12H,7-8H2,1-2H3,(H,25,27)(H,26,28). The van der Waals surface area contributed by atoms with E-state index in [9.17, 15) is 5.26 Å². The molecule has 0 aliphatic carbocycles. The maximum Gasteiger partial charge on any atom is 0.127 e. The second-order valence-corrected chi connectivity index (χ2v) is 7.20. The largest absolute Gasteiger partial charge is 0.368 e. The molecular formula is C21H19Cl2N5. The molecule has 0 amide bonds. The molecule has 0 unspecified atom stereocenters. The lowest BCUT2D eigenvalue weighted by molar-refractivity contribution is 1.04. The van der Waals surface area contributed by atoms with Crippen molar-refractivity contribution in [2.24, 2.45) is 0 Å². The molecule has 2 N–H and O–H groups in total. The molecule has 3 aromatic rings. The number of pyridine rings is 2. The highest BCUT2D eigenvalue weighted by molar-refractivity contribution is 6.36. The van der Waals surface area contributed by atoms with Gasteiger partial charge < -0.3 is 10.6 Å². The van der Waals surface area contributed by atoms with Crippen LogP contribution in [0.1, 0.15) is 16.7 Å². The maximum absolute atomic E-state index is 9.56. The van der Waals surface area contributed by atoms with Gasteiger partial charge in [0.15, 0.2) is 0 Å². The average Bonchev–Trinajstić information content (AvgIpc) is 2.66. The number of nitriles is 1. The zero-order valence-electron chi connectivity index (χ0n) is 15.6.